The second kappa shape index (κ2) is 6.63. The molecular formula is C9H10O2. The maximum Gasteiger partial charge on any atom is 0.344 e. The van der Waals surface area contributed by atoms with Crippen LogP contribution in [0, 0.1) is 12.0 Å². The fourth-order valence-corrected chi connectivity index (χ4v) is 0.381. The van der Waals surface area contributed by atoms with Crippen molar-refractivity contribution in [1.82, 2.24) is 0 Å². The molecule has 58 valence electrons. The Kier molecular flexibility index (Phi) is 5.73. The molecule has 0 saturated heterocycles. The number of carbonyl (C=O) groups is 1. The van der Waals surface area contributed by atoms with Crippen molar-refractivity contribution in [2.45, 2.75) is 13.8 Å². The van der Waals surface area contributed by atoms with E-state index in [1.54, 1.807) is 19.1 Å². The highest BCUT2D eigenvalue weighted by atomic mass is 16.5. The zero-order valence-electron chi connectivity index (χ0n) is 6.63. The lowest BCUT2D eigenvalue weighted by Crippen LogP contribution is -1.92. The Hall–Kier alpha value is -1.49. The van der Waals surface area contributed by atoms with Gasteiger partial charge < -0.3 is 4.74 Å². The van der Waals surface area contributed by atoms with Gasteiger partial charge in [-0.1, -0.05) is 24.1 Å². The van der Waals surface area contributed by atoms with E-state index in [2.05, 4.69) is 16.8 Å². The van der Waals surface area contributed by atoms with E-state index in [0.29, 0.717) is 0 Å². The summed E-state index contributed by atoms with van der Waals surface area (Å²) < 4.78 is 4.42. The molecule has 0 aromatic carbocycles. The molecule has 0 bridgehead atoms. The summed E-state index contributed by atoms with van der Waals surface area (Å²) in [6.07, 6.45) is 8.66. The minimum Gasteiger partial charge on any atom is -0.369 e. The Labute approximate surface area is 66.6 Å². The molecule has 0 saturated carbocycles. The Morgan fingerprint density at radius 1 is 1.45 bits per heavy atom. The summed E-state index contributed by atoms with van der Waals surface area (Å²) in [6, 6.07) is 0. The summed E-state index contributed by atoms with van der Waals surface area (Å²) in [6.45, 7) is 3.46. The molecule has 0 atom stereocenters. The molecule has 0 unspecified atom stereocenters. The second-order valence-electron chi connectivity index (χ2n) is 1.66. The zero-order valence-corrected chi connectivity index (χ0v) is 6.63. The highest BCUT2D eigenvalue weighted by Gasteiger charge is 1.89. The van der Waals surface area contributed by atoms with Crippen molar-refractivity contribution in [2.75, 3.05) is 0 Å². The van der Waals surface area contributed by atoms with E-state index in [-0.39, 0.29) is 0 Å². The summed E-state index contributed by atoms with van der Waals surface area (Å²) in [5.41, 5.74) is 0. The van der Waals surface area contributed by atoms with Gasteiger partial charge in [0.15, 0.2) is 0 Å². The van der Waals surface area contributed by atoms with Crippen molar-refractivity contribution < 1.29 is 9.53 Å². The third-order valence-electron chi connectivity index (χ3n) is 0.790. The van der Waals surface area contributed by atoms with E-state index in [0.717, 1.165) is 0 Å². The highest BCUT2D eigenvalue weighted by Crippen LogP contribution is 1.80. The number of hydrogen-bond acceptors (Lipinski definition) is 2. The van der Waals surface area contributed by atoms with E-state index in [9.17, 15) is 4.79 Å². The van der Waals surface area contributed by atoms with E-state index in [4.69, 9.17) is 0 Å². The van der Waals surface area contributed by atoms with Crippen molar-refractivity contribution in [2.24, 2.45) is 0 Å². The number of esters is 1. The van der Waals surface area contributed by atoms with Gasteiger partial charge in [-0.15, -0.1) is 0 Å². The molecule has 0 aliphatic rings. The number of rotatable bonds is 2. The van der Waals surface area contributed by atoms with Crippen LogP contribution in [0.25, 0.3) is 0 Å². The molecule has 0 heterocycles. The maximum atomic E-state index is 10.6. The SMILES string of the molecule is CC#COC(=O)/C=C/C=C/C. The number of hydrogen-bond donors (Lipinski definition) is 0. The minimum absolute atomic E-state index is 0.447. The van der Waals surface area contributed by atoms with Gasteiger partial charge in [-0.25, -0.2) is 4.79 Å². The molecule has 2 nitrogen and oxygen atoms in total. The highest BCUT2D eigenvalue weighted by molar-refractivity contribution is 5.83. The van der Waals surface area contributed by atoms with Crippen LogP contribution in [0.2, 0.25) is 0 Å². The minimum atomic E-state index is -0.447. The van der Waals surface area contributed by atoms with Gasteiger partial charge >= 0.3 is 5.97 Å². The van der Waals surface area contributed by atoms with Crippen LogP contribution >= 0.6 is 0 Å². The van der Waals surface area contributed by atoms with Gasteiger partial charge in [-0.3, -0.25) is 0 Å². The van der Waals surface area contributed by atoms with Crippen molar-refractivity contribution in [3.63, 3.8) is 0 Å². The quantitative estimate of drug-likeness (QED) is 0.259. The maximum absolute atomic E-state index is 10.6. The molecule has 0 radical (unpaired) electrons. The monoisotopic (exact) mass is 150 g/mol. The molecular weight excluding hydrogens is 140 g/mol. The topological polar surface area (TPSA) is 26.3 Å². The van der Waals surface area contributed by atoms with E-state index in [1.807, 2.05) is 13.0 Å². The summed E-state index contributed by atoms with van der Waals surface area (Å²) >= 11 is 0. The molecule has 0 aromatic rings. The molecule has 0 rings (SSSR count). The van der Waals surface area contributed by atoms with Crippen molar-refractivity contribution in [1.29, 1.82) is 0 Å². The first-order valence-corrected chi connectivity index (χ1v) is 3.23. The van der Waals surface area contributed by atoms with Gasteiger partial charge in [0.2, 0.25) is 0 Å². The second-order valence-corrected chi connectivity index (χ2v) is 1.66. The van der Waals surface area contributed by atoms with Gasteiger partial charge in [0.25, 0.3) is 0 Å². The third-order valence-corrected chi connectivity index (χ3v) is 0.790. The molecule has 0 aliphatic carbocycles. The van der Waals surface area contributed by atoms with Crippen molar-refractivity contribution in [3.8, 4) is 12.0 Å². The summed E-state index contributed by atoms with van der Waals surface area (Å²) in [5.74, 6) is 2.00. The zero-order chi connectivity index (χ0) is 8.53. The predicted molar refractivity (Wildman–Crippen MR) is 43.5 cm³/mol. The van der Waals surface area contributed by atoms with Crippen LogP contribution in [0.15, 0.2) is 24.3 Å². The van der Waals surface area contributed by atoms with Crippen LogP contribution in [0.3, 0.4) is 0 Å². The molecule has 0 aromatic heterocycles. The number of carbonyl (C=O) groups excluding carboxylic acids is 1. The largest absolute Gasteiger partial charge is 0.369 e. The van der Waals surface area contributed by atoms with Crippen LogP contribution in [-0.2, 0) is 9.53 Å². The third kappa shape index (κ3) is 6.39. The van der Waals surface area contributed by atoms with Crippen LogP contribution in [0.5, 0.6) is 0 Å². The number of allylic oxidation sites excluding steroid dienone is 3. The predicted octanol–water partition coefficient (Wildman–Crippen LogP) is 1.64. The molecule has 0 amide bonds. The first-order chi connectivity index (χ1) is 5.31. The Balaban J connectivity index is 3.74. The van der Waals surface area contributed by atoms with Gasteiger partial charge in [-0.2, -0.15) is 0 Å². The lowest BCUT2D eigenvalue weighted by molar-refractivity contribution is -0.131. The Morgan fingerprint density at radius 3 is 2.73 bits per heavy atom. The van der Waals surface area contributed by atoms with Crippen LogP contribution < -0.4 is 0 Å². The van der Waals surface area contributed by atoms with E-state index < -0.39 is 5.97 Å². The average molecular weight is 150 g/mol. The molecule has 11 heavy (non-hydrogen) atoms. The van der Waals surface area contributed by atoms with E-state index >= 15 is 0 Å². The lowest BCUT2D eigenvalue weighted by atomic mass is 10.4. The first kappa shape index (κ1) is 9.51. The molecule has 0 N–H and O–H groups in total. The normalized spacial score (nSPS) is 9.64. The van der Waals surface area contributed by atoms with Gasteiger partial charge in [0.1, 0.15) is 6.11 Å². The van der Waals surface area contributed by atoms with Crippen molar-refractivity contribution in [3.05, 3.63) is 24.3 Å². The lowest BCUT2D eigenvalue weighted by Gasteiger charge is -1.84. The summed E-state index contributed by atoms with van der Waals surface area (Å²) in [7, 11) is 0. The molecule has 2 heteroatoms. The van der Waals surface area contributed by atoms with E-state index in [1.165, 1.54) is 6.08 Å². The van der Waals surface area contributed by atoms with Crippen LogP contribution in [-0.4, -0.2) is 5.97 Å². The fourth-order valence-electron chi connectivity index (χ4n) is 0.381. The molecule has 0 aliphatic heterocycles. The molecule has 0 fully saturated rings. The Bertz CT molecular complexity index is 226. The van der Waals surface area contributed by atoms with Crippen LogP contribution in [0.4, 0.5) is 0 Å². The van der Waals surface area contributed by atoms with Gasteiger partial charge in [-0.05, 0) is 6.92 Å². The smallest absolute Gasteiger partial charge is 0.344 e. The van der Waals surface area contributed by atoms with Crippen molar-refractivity contribution >= 4 is 5.97 Å². The average Bonchev–Trinajstić information content (AvgIpc) is 2.01. The summed E-state index contributed by atoms with van der Waals surface area (Å²) in [5, 5.41) is 0. The number of ether oxygens (including phenoxy) is 1. The van der Waals surface area contributed by atoms with Crippen LogP contribution in [0.1, 0.15) is 13.8 Å². The first-order valence-electron chi connectivity index (χ1n) is 3.23. The standard InChI is InChI=1S/C9H10O2/c1-3-5-6-7-9(10)11-8-4-2/h3,5-7H,1-2H3/b5-3+,7-6+. The van der Waals surface area contributed by atoms with Gasteiger partial charge in [0, 0.05) is 13.0 Å². The fraction of sp³-hybridized carbons (Fsp3) is 0.222. The summed E-state index contributed by atoms with van der Waals surface area (Å²) in [4.78, 5) is 10.6. The molecule has 0 spiro atoms. The van der Waals surface area contributed by atoms with Gasteiger partial charge in [0.05, 0.1) is 0 Å². The Morgan fingerprint density at radius 2 is 2.18 bits per heavy atom.